The maximum atomic E-state index is 12.8. The highest BCUT2D eigenvalue weighted by atomic mass is 35.5. The first-order chi connectivity index (χ1) is 6.59. The zero-order chi connectivity index (χ0) is 10.3. The van der Waals surface area contributed by atoms with Gasteiger partial charge >= 0.3 is 5.97 Å². The molecule has 1 heterocycles. The molecule has 1 aromatic heterocycles. The summed E-state index contributed by atoms with van der Waals surface area (Å²) < 4.78 is 13.8. The lowest BCUT2D eigenvalue weighted by atomic mass is 10.2. The second-order valence-electron chi connectivity index (χ2n) is 2.82. The van der Waals surface area contributed by atoms with Gasteiger partial charge in [-0.05, 0) is 24.3 Å². The number of aromatic carboxylic acids is 1. The van der Waals surface area contributed by atoms with Crippen molar-refractivity contribution in [1.82, 2.24) is 4.09 Å². The molecular weight excluding hydrogens is 209 g/mol. The van der Waals surface area contributed by atoms with Crippen LogP contribution in [0.1, 0.15) is 10.5 Å². The molecule has 0 bridgehead atoms. The van der Waals surface area contributed by atoms with E-state index in [9.17, 15) is 9.18 Å². The summed E-state index contributed by atoms with van der Waals surface area (Å²) in [5.41, 5.74) is 0.401. The first-order valence-electron chi connectivity index (χ1n) is 3.80. The maximum absolute atomic E-state index is 12.8. The summed E-state index contributed by atoms with van der Waals surface area (Å²) in [7, 11) is 0. The van der Waals surface area contributed by atoms with Gasteiger partial charge in [0.2, 0.25) is 0 Å². The van der Waals surface area contributed by atoms with E-state index in [4.69, 9.17) is 16.9 Å². The van der Waals surface area contributed by atoms with Gasteiger partial charge in [0.25, 0.3) is 0 Å². The third-order valence-corrected chi connectivity index (χ3v) is 2.29. The van der Waals surface area contributed by atoms with Crippen molar-refractivity contribution in [2.75, 3.05) is 0 Å². The summed E-state index contributed by atoms with van der Waals surface area (Å²) in [6.45, 7) is 0. The fourth-order valence-electron chi connectivity index (χ4n) is 1.30. The fraction of sp³-hybridized carbons (Fsp3) is 0. The number of rotatable bonds is 1. The van der Waals surface area contributed by atoms with Crippen LogP contribution < -0.4 is 0 Å². The average Bonchev–Trinajstić information content (AvgIpc) is 2.43. The van der Waals surface area contributed by atoms with Crippen LogP contribution in [0.2, 0.25) is 0 Å². The third-order valence-electron chi connectivity index (χ3n) is 1.92. The Morgan fingerprint density at radius 2 is 2.14 bits per heavy atom. The minimum atomic E-state index is -1.14. The molecule has 0 fully saturated rings. The van der Waals surface area contributed by atoms with Crippen molar-refractivity contribution in [3.8, 4) is 0 Å². The predicted molar refractivity (Wildman–Crippen MR) is 50.1 cm³/mol. The van der Waals surface area contributed by atoms with Crippen molar-refractivity contribution in [2.24, 2.45) is 0 Å². The topological polar surface area (TPSA) is 42.2 Å². The second-order valence-corrected chi connectivity index (χ2v) is 3.16. The van der Waals surface area contributed by atoms with Gasteiger partial charge in [0.15, 0.2) is 0 Å². The second kappa shape index (κ2) is 2.99. The van der Waals surface area contributed by atoms with Gasteiger partial charge in [-0.15, -0.1) is 0 Å². The van der Waals surface area contributed by atoms with Crippen LogP contribution in [-0.4, -0.2) is 15.2 Å². The standard InChI is InChI=1S/C9H5ClFNO2/c10-12-7-2-1-6(11)3-5(7)4-8(12)9(13)14/h1-4H,(H,13,14). The largest absolute Gasteiger partial charge is 0.477 e. The molecule has 0 saturated carbocycles. The van der Waals surface area contributed by atoms with E-state index in [1.54, 1.807) is 0 Å². The molecule has 0 aliphatic rings. The van der Waals surface area contributed by atoms with Gasteiger partial charge < -0.3 is 5.11 Å². The Kier molecular flexibility index (Phi) is 1.93. The number of halogens is 2. The van der Waals surface area contributed by atoms with Gasteiger partial charge in [0.1, 0.15) is 11.5 Å². The fourth-order valence-corrected chi connectivity index (χ4v) is 1.57. The van der Waals surface area contributed by atoms with Crippen LogP contribution in [0.4, 0.5) is 4.39 Å². The van der Waals surface area contributed by atoms with Crippen molar-refractivity contribution in [2.45, 2.75) is 0 Å². The summed E-state index contributed by atoms with van der Waals surface area (Å²) >= 11 is 5.72. The van der Waals surface area contributed by atoms with Crippen LogP contribution in [0.15, 0.2) is 24.3 Å². The number of benzene rings is 1. The number of aromatic nitrogens is 1. The molecule has 3 nitrogen and oxygen atoms in total. The quantitative estimate of drug-likeness (QED) is 0.791. The Morgan fingerprint density at radius 1 is 1.43 bits per heavy atom. The van der Waals surface area contributed by atoms with E-state index >= 15 is 0 Å². The number of carboxylic acid groups (broad SMARTS) is 1. The molecule has 14 heavy (non-hydrogen) atoms. The molecule has 0 aliphatic carbocycles. The van der Waals surface area contributed by atoms with Crippen molar-refractivity contribution in [3.63, 3.8) is 0 Å². The SMILES string of the molecule is O=C(O)c1cc2cc(F)ccc2n1Cl. The zero-order valence-corrected chi connectivity index (χ0v) is 7.62. The van der Waals surface area contributed by atoms with Gasteiger partial charge in [-0.2, -0.15) is 0 Å². The smallest absolute Gasteiger partial charge is 0.353 e. The normalized spacial score (nSPS) is 10.7. The molecule has 5 heteroatoms. The molecule has 72 valence electrons. The van der Waals surface area contributed by atoms with E-state index in [-0.39, 0.29) is 5.69 Å². The van der Waals surface area contributed by atoms with E-state index < -0.39 is 11.8 Å². The molecule has 0 saturated heterocycles. The van der Waals surface area contributed by atoms with Crippen LogP contribution in [0.3, 0.4) is 0 Å². The maximum Gasteiger partial charge on any atom is 0.353 e. The molecule has 0 amide bonds. The van der Waals surface area contributed by atoms with E-state index in [1.165, 1.54) is 24.3 Å². The predicted octanol–water partition coefficient (Wildman–Crippen LogP) is 2.48. The lowest BCUT2D eigenvalue weighted by Crippen LogP contribution is -1.99. The van der Waals surface area contributed by atoms with Crippen LogP contribution >= 0.6 is 11.8 Å². The summed E-state index contributed by atoms with van der Waals surface area (Å²) in [6.07, 6.45) is 0. The molecular formula is C9H5ClFNO2. The number of carbonyl (C=O) groups is 1. The monoisotopic (exact) mass is 213 g/mol. The molecule has 0 radical (unpaired) electrons. The first kappa shape index (κ1) is 9.02. The van der Waals surface area contributed by atoms with E-state index in [0.717, 1.165) is 4.09 Å². The lowest BCUT2D eigenvalue weighted by Gasteiger charge is -1.94. The van der Waals surface area contributed by atoms with Gasteiger partial charge in [0.05, 0.1) is 5.52 Å². The Labute approximate surface area is 83.4 Å². The van der Waals surface area contributed by atoms with Crippen LogP contribution in [0, 0.1) is 5.82 Å². The Balaban J connectivity index is 2.79. The number of carboxylic acids is 1. The molecule has 0 unspecified atom stereocenters. The minimum Gasteiger partial charge on any atom is -0.477 e. The molecule has 1 aromatic carbocycles. The van der Waals surface area contributed by atoms with Crippen molar-refractivity contribution >= 4 is 28.6 Å². The molecule has 0 aliphatic heterocycles. The Morgan fingerprint density at radius 3 is 2.79 bits per heavy atom. The summed E-state index contributed by atoms with van der Waals surface area (Å²) in [4.78, 5) is 10.7. The number of nitrogens with zero attached hydrogens (tertiary/aromatic N) is 1. The van der Waals surface area contributed by atoms with Crippen molar-refractivity contribution in [1.29, 1.82) is 0 Å². The van der Waals surface area contributed by atoms with Crippen molar-refractivity contribution < 1.29 is 14.3 Å². The first-order valence-corrected chi connectivity index (χ1v) is 4.14. The Bertz CT molecular complexity index is 521. The summed E-state index contributed by atoms with van der Waals surface area (Å²) in [5.74, 6) is -1.56. The van der Waals surface area contributed by atoms with Gasteiger partial charge in [-0.25, -0.2) is 13.3 Å². The molecule has 2 aromatic rings. The van der Waals surface area contributed by atoms with Crippen LogP contribution in [0.5, 0.6) is 0 Å². The van der Waals surface area contributed by atoms with E-state index in [0.29, 0.717) is 10.9 Å². The average molecular weight is 214 g/mol. The van der Waals surface area contributed by atoms with E-state index in [2.05, 4.69) is 0 Å². The number of fused-ring (bicyclic) bond motifs is 1. The third kappa shape index (κ3) is 1.24. The molecule has 0 atom stereocenters. The zero-order valence-electron chi connectivity index (χ0n) is 6.87. The highest BCUT2D eigenvalue weighted by Crippen LogP contribution is 2.21. The van der Waals surface area contributed by atoms with E-state index in [1.807, 2.05) is 0 Å². The Hall–Kier alpha value is -1.55. The number of hydrogen-bond donors (Lipinski definition) is 1. The molecule has 2 rings (SSSR count). The van der Waals surface area contributed by atoms with Crippen molar-refractivity contribution in [3.05, 3.63) is 35.8 Å². The van der Waals surface area contributed by atoms with Crippen LogP contribution in [0.25, 0.3) is 10.9 Å². The van der Waals surface area contributed by atoms with Gasteiger partial charge in [0, 0.05) is 17.2 Å². The van der Waals surface area contributed by atoms with Gasteiger partial charge in [-0.3, -0.25) is 0 Å². The highest BCUT2D eigenvalue weighted by Gasteiger charge is 2.13. The van der Waals surface area contributed by atoms with Crippen LogP contribution in [-0.2, 0) is 0 Å². The highest BCUT2D eigenvalue weighted by molar-refractivity contribution is 6.22. The summed E-state index contributed by atoms with van der Waals surface area (Å²) in [6, 6.07) is 5.23. The number of hydrogen-bond acceptors (Lipinski definition) is 1. The lowest BCUT2D eigenvalue weighted by molar-refractivity contribution is 0.0690. The molecule has 1 N–H and O–H groups in total. The van der Waals surface area contributed by atoms with Gasteiger partial charge in [-0.1, -0.05) is 0 Å². The molecule has 0 spiro atoms. The minimum absolute atomic E-state index is 0.0766. The summed E-state index contributed by atoms with van der Waals surface area (Å²) in [5, 5.41) is 9.21.